The largest absolute Gasteiger partial charge is 0.382 e. The monoisotopic (exact) mass is 271 g/mol. The summed E-state index contributed by atoms with van der Waals surface area (Å²) in [6.07, 6.45) is 1.81. The lowest BCUT2D eigenvalue weighted by Crippen LogP contribution is -2.52. The lowest BCUT2D eigenvalue weighted by molar-refractivity contribution is 0.122. The Morgan fingerprint density at radius 1 is 1.25 bits per heavy atom. The van der Waals surface area contributed by atoms with Crippen molar-refractivity contribution in [3.63, 3.8) is 0 Å². The molecule has 2 aromatic rings. The van der Waals surface area contributed by atoms with Gasteiger partial charge in [0.2, 0.25) is 0 Å². The highest BCUT2D eigenvalue weighted by molar-refractivity contribution is 5.90. The quantitative estimate of drug-likeness (QED) is 0.911. The average Bonchev–Trinajstić information content (AvgIpc) is 2.48. The molecule has 0 saturated carbocycles. The van der Waals surface area contributed by atoms with E-state index in [-0.39, 0.29) is 0 Å². The molecule has 3 rings (SSSR count). The summed E-state index contributed by atoms with van der Waals surface area (Å²) < 4.78 is 0. The van der Waals surface area contributed by atoms with Crippen molar-refractivity contribution in [3.05, 3.63) is 30.5 Å². The number of nitrogens with zero attached hydrogens (tertiary/aromatic N) is 4. The summed E-state index contributed by atoms with van der Waals surface area (Å²) in [5.74, 6) is 0. The molecule has 0 aliphatic carbocycles. The van der Waals surface area contributed by atoms with Gasteiger partial charge in [-0.15, -0.1) is 0 Å². The fourth-order valence-corrected chi connectivity index (χ4v) is 2.70. The third-order valence-corrected chi connectivity index (χ3v) is 4.05. The highest BCUT2D eigenvalue weighted by Gasteiger charge is 2.21. The van der Waals surface area contributed by atoms with Crippen molar-refractivity contribution in [1.82, 2.24) is 20.0 Å². The predicted molar refractivity (Wildman–Crippen MR) is 81.9 cm³/mol. The SMILES string of the molecule is CN1CCN(C)C(CNc2cnnc3ccccc23)C1. The topological polar surface area (TPSA) is 44.3 Å². The molecule has 1 atom stereocenters. The molecule has 5 nitrogen and oxygen atoms in total. The van der Waals surface area contributed by atoms with Gasteiger partial charge >= 0.3 is 0 Å². The molecule has 1 unspecified atom stereocenters. The standard InChI is InChI=1S/C15H21N5/c1-19-7-8-20(2)12(11-19)9-16-15-10-17-18-14-6-4-3-5-13(14)15/h3-6,10,12H,7-9,11H2,1-2H3,(H,16,18). The molecular weight excluding hydrogens is 250 g/mol. The zero-order valence-corrected chi connectivity index (χ0v) is 12.1. The van der Waals surface area contributed by atoms with E-state index in [0.29, 0.717) is 6.04 Å². The normalized spacial score (nSPS) is 21.2. The molecule has 106 valence electrons. The maximum absolute atomic E-state index is 4.15. The van der Waals surface area contributed by atoms with Crippen LogP contribution in [-0.2, 0) is 0 Å². The van der Waals surface area contributed by atoms with Crippen molar-refractivity contribution in [3.8, 4) is 0 Å². The third-order valence-electron chi connectivity index (χ3n) is 4.05. The maximum Gasteiger partial charge on any atom is 0.0950 e. The lowest BCUT2D eigenvalue weighted by Gasteiger charge is -2.37. The predicted octanol–water partition coefficient (Wildman–Crippen LogP) is 1.29. The number of likely N-dealkylation sites (N-methyl/N-ethyl adjacent to an activating group) is 2. The van der Waals surface area contributed by atoms with E-state index < -0.39 is 0 Å². The van der Waals surface area contributed by atoms with Gasteiger partial charge in [-0.1, -0.05) is 18.2 Å². The van der Waals surface area contributed by atoms with Crippen LogP contribution in [0.4, 0.5) is 5.69 Å². The number of piperazine rings is 1. The maximum atomic E-state index is 4.15. The van der Waals surface area contributed by atoms with Crippen LogP contribution >= 0.6 is 0 Å². The molecule has 2 heterocycles. The Hall–Kier alpha value is -1.72. The minimum absolute atomic E-state index is 0.528. The Morgan fingerprint density at radius 3 is 3.00 bits per heavy atom. The molecule has 0 amide bonds. The highest BCUT2D eigenvalue weighted by Crippen LogP contribution is 2.20. The second kappa shape index (κ2) is 5.73. The van der Waals surface area contributed by atoms with Gasteiger partial charge in [0.05, 0.1) is 17.4 Å². The molecule has 0 radical (unpaired) electrons. The molecule has 0 bridgehead atoms. The fourth-order valence-electron chi connectivity index (χ4n) is 2.70. The molecule has 20 heavy (non-hydrogen) atoms. The van der Waals surface area contributed by atoms with Crippen molar-refractivity contribution in [1.29, 1.82) is 0 Å². The number of aromatic nitrogens is 2. The van der Waals surface area contributed by atoms with Crippen molar-refractivity contribution in [2.45, 2.75) is 6.04 Å². The van der Waals surface area contributed by atoms with E-state index in [1.54, 1.807) is 0 Å². The Bertz CT molecular complexity index is 580. The van der Waals surface area contributed by atoms with Crippen LogP contribution in [-0.4, -0.2) is 66.3 Å². The Morgan fingerprint density at radius 2 is 2.10 bits per heavy atom. The van der Waals surface area contributed by atoms with Crippen LogP contribution in [0.2, 0.25) is 0 Å². The van der Waals surface area contributed by atoms with E-state index in [4.69, 9.17) is 0 Å². The minimum Gasteiger partial charge on any atom is -0.382 e. The molecule has 1 N–H and O–H groups in total. The Labute approximate surface area is 119 Å². The van der Waals surface area contributed by atoms with Gasteiger partial charge in [0.25, 0.3) is 0 Å². The number of nitrogens with one attached hydrogen (secondary N) is 1. The summed E-state index contributed by atoms with van der Waals surface area (Å²) in [5, 5.41) is 12.9. The van der Waals surface area contributed by atoms with Crippen LogP contribution < -0.4 is 5.32 Å². The van der Waals surface area contributed by atoms with Crippen molar-refractivity contribution < 1.29 is 0 Å². The summed E-state index contributed by atoms with van der Waals surface area (Å²) in [4.78, 5) is 4.80. The summed E-state index contributed by atoms with van der Waals surface area (Å²) in [6.45, 7) is 4.29. The first-order valence-corrected chi connectivity index (χ1v) is 7.07. The summed E-state index contributed by atoms with van der Waals surface area (Å²) in [7, 11) is 4.38. The first-order chi connectivity index (χ1) is 9.74. The number of fused-ring (bicyclic) bond motifs is 1. The second-order valence-electron chi connectivity index (χ2n) is 5.55. The van der Waals surface area contributed by atoms with Gasteiger partial charge in [0, 0.05) is 37.6 Å². The van der Waals surface area contributed by atoms with Gasteiger partial charge in [-0.05, 0) is 20.2 Å². The van der Waals surface area contributed by atoms with E-state index in [2.05, 4.69) is 45.5 Å². The van der Waals surface area contributed by atoms with Gasteiger partial charge in [0.15, 0.2) is 0 Å². The Kier molecular flexibility index (Phi) is 3.80. The zero-order chi connectivity index (χ0) is 13.9. The van der Waals surface area contributed by atoms with E-state index in [1.807, 2.05) is 24.4 Å². The summed E-state index contributed by atoms with van der Waals surface area (Å²) in [5.41, 5.74) is 2.00. The molecule has 1 aliphatic rings. The number of rotatable bonds is 3. The van der Waals surface area contributed by atoms with Gasteiger partial charge in [-0.2, -0.15) is 10.2 Å². The van der Waals surface area contributed by atoms with Gasteiger partial charge in [-0.3, -0.25) is 4.90 Å². The minimum atomic E-state index is 0.528. The average molecular weight is 271 g/mol. The van der Waals surface area contributed by atoms with Gasteiger partial charge in [0.1, 0.15) is 0 Å². The smallest absolute Gasteiger partial charge is 0.0950 e. The van der Waals surface area contributed by atoms with Crippen LogP contribution in [0.1, 0.15) is 0 Å². The molecule has 0 spiro atoms. The van der Waals surface area contributed by atoms with Crippen molar-refractivity contribution in [2.75, 3.05) is 45.6 Å². The van der Waals surface area contributed by atoms with Crippen LogP contribution in [0.25, 0.3) is 10.9 Å². The van der Waals surface area contributed by atoms with Gasteiger partial charge < -0.3 is 10.2 Å². The van der Waals surface area contributed by atoms with E-state index in [9.17, 15) is 0 Å². The number of hydrogen-bond acceptors (Lipinski definition) is 5. The zero-order valence-electron chi connectivity index (χ0n) is 12.1. The highest BCUT2D eigenvalue weighted by atomic mass is 15.3. The molecule has 1 saturated heterocycles. The van der Waals surface area contributed by atoms with Crippen LogP contribution in [0, 0.1) is 0 Å². The number of anilines is 1. The molecular formula is C15H21N5. The third kappa shape index (κ3) is 2.73. The second-order valence-corrected chi connectivity index (χ2v) is 5.55. The molecule has 1 fully saturated rings. The summed E-state index contributed by atoms with van der Waals surface area (Å²) in [6, 6.07) is 8.64. The van der Waals surface area contributed by atoms with Crippen LogP contribution in [0.15, 0.2) is 30.5 Å². The summed E-state index contributed by atoms with van der Waals surface area (Å²) >= 11 is 0. The number of benzene rings is 1. The molecule has 1 aromatic carbocycles. The first kappa shape index (κ1) is 13.3. The van der Waals surface area contributed by atoms with E-state index in [1.165, 1.54) is 0 Å². The van der Waals surface area contributed by atoms with E-state index >= 15 is 0 Å². The molecule has 1 aromatic heterocycles. The van der Waals surface area contributed by atoms with Crippen LogP contribution in [0.5, 0.6) is 0 Å². The molecule has 5 heteroatoms. The lowest BCUT2D eigenvalue weighted by atomic mass is 10.1. The number of hydrogen-bond donors (Lipinski definition) is 1. The fraction of sp³-hybridized carbons (Fsp3) is 0.467. The Balaban J connectivity index is 1.73. The van der Waals surface area contributed by atoms with Gasteiger partial charge in [-0.25, -0.2) is 0 Å². The van der Waals surface area contributed by atoms with Crippen molar-refractivity contribution in [2.24, 2.45) is 0 Å². The van der Waals surface area contributed by atoms with Crippen molar-refractivity contribution >= 4 is 16.6 Å². The van der Waals surface area contributed by atoms with Crippen LogP contribution in [0.3, 0.4) is 0 Å². The van der Waals surface area contributed by atoms with E-state index in [0.717, 1.165) is 42.8 Å². The molecule has 1 aliphatic heterocycles. The first-order valence-electron chi connectivity index (χ1n) is 7.07.